The van der Waals surface area contributed by atoms with Crippen LogP contribution in [-0.2, 0) is 11.3 Å². The molecule has 1 aromatic heterocycles. The Kier molecular flexibility index (Phi) is 5.64. The minimum absolute atomic E-state index is 0.0943. The first-order chi connectivity index (χ1) is 13.7. The third-order valence-electron chi connectivity index (χ3n) is 4.03. The molecule has 0 spiro atoms. The maximum atomic E-state index is 12.2. The Morgan fingerprint density at radius 2 is 1.93 bits per heavy atom. The Bertz CT molecular complexity index is 998. The molecule has 28 heavy (non-hydrogen) atoms. The third kappa shape index (κ3) is 4.55. The molecule has 1 amide bonds. The zero-order valence-electron chi connectivity index (χ0n) is 14.7. The number of carbonyl (C=O) groups excluding carboxylic acids is 1. The van der Waals surface area contributed by atoms with Gasteiger partial charge in [-0.2, -0.15) is 0 Å². The molecule has 1 N–H and O–H groups in total. The van der Waals surface area contributed by atoms with Crippen LogP contribution in [-0.4, -0.2) is 28.4 Å². The van der Waals surface area contributed by atoms with E-state index >= 15 is 0 Å². The van der Waals surface area contributed by atoms with Crippen LogP contribution in [0.5, 0.6) is 11.5 Å². The lowest BCUT2D eigenvalue weighted by Crippen LogP contribution is -2.24. The van der Waals surface area contributed by atoms with Crippen molar-refractivity contribution in [1.29, 1.82) is 0 Å². The van der Waals surface area contributed by atoms with E-state index in [1.165, 1.54) is 11.8 Å². The molecule has 142 valence electrons. The zero-order valence-corrected chi connectivity index (χ0v) is 16.3. The first-order valence-electron chi connectivity index (χ1n) is 8.54. The predicted molar refractivity (Wildman–Crippen MR) is 108 cm³/mol. The summed E-state index contributed by atoms with van der Waals surface area (Å²) in [5.41, 5.74) is 2.68. The van der Waals surface area contributed by atoms with E-state index < -0.39 is 0 Å². The number of nitrogens with zero attached hydrogens (tertiary/aromatic N) is 2. The Morgan fingerprint density at radius 3 is 2.79 bits per heavy atom. The van der Waals surface area contributed by atoms with Crippen LogP contribution in [0.3, 0.4) is 0 Å². The minimum atomic E-state index is -0.0943. The lowest BCUT2D eigenvalue weighted by molar-refractivity contribution is -0.118. The van der Waals surface area contributed by atoms with Crippen LogP contribution in [0, 0.1) is 0 Å². The minimum Gasteiger partial charge on any atom is -0.454 e. The van der Waals surface area contributed by atoms with Crippen LogP contribution in [0.15, 0.2) is 59.9 Å². The second-order valence-corrected chi connectivity index (χ2v) is 7.36. The van der Waals surface area contributed by atoms with Gasteiger partial charge in [-0.25, -0.2) is 9.97 Å². The van der Waals surface area contributed by atoms with Crippen molar-refractivity contribution < 1.29 is 14.3 Å². The number of ether oxygens (including phenoxy) is 2. The highest BCUT2D eigenvalue weighted by Gasteiger charge is 2.13. The number of carbonyl (C=O) groups is 1. The van der Waals surface area contributed by atoms with Crippen molar-refractivity contribution in [2.45, 2.75) is 11.7 Å². The van der Waals surface area contributed by atoms with E-state index in [0.717, 1.165) is 22.6 Å². The van der Waals surface area contributed by atoms with E-state index in [1.807, 2.05) is 48.5 Å². The highest BCUT2D eigenvalue weighted by atomic mass is 35.5. The van der Waals surface area contributed by atoms with Crippen molar-refractivity contribution in [3.05, 3.63) is 65.3 Å². The first-order valence-corrected chi connectivity index (χ1v) is 9.91. The quantitative estimate of drug-likeness (QED) is 0.487. The molecule has 0 aliphatic carbocycles. The summed E-state index contributed by atoms with van der Waals surface area (Å²) in [6.45, 7) is 0.651. The molecular formula is C20H16ClN3O3S. The van der Waals surface area contributed by atoms with Crippen LogP contribution < -0.4 is 14.8 Å². The summed E-state index contributed by atoms with van der Waals surface area (Å²) < 4.78 is 10.6. The fourth-order valence-corrected chi connectivity index (χ4v) is 3.41. The van der Waals surface area contributed by atoms with E-state index in [0.29, 0.717) is 22.5 Å². The summed E-state index contributed by atoms with van der Waals surface area (Å²) in [5, 5.41) is 4.11. The van der Waals surface area contributed by atoms with Gasteiger partial charge in [0, 0.05) is 23.3 Å². The van der Waals surface area contributed by atoms with Gasteiger partial charge in [0.1, 0.15) is 0 Å². The summed E-state index contributed by atoms with van der Waals surface area (Å²) in [4.78, 5) is 20.9. The predicted octanol–water partition coefficient (Wildman–Crippen LogP) is 3.93. The molecule has 6 nitrogen and oxygen atoms in total. The van der Waals surface area contributed by atoms with Crippen LogP contribution >= 0.6 is 23.4 Å². The molecule has 2 heterocycles. The molecular weight excluding hydrogens is 398 g/mol. The molecule has 0 atom stereocenters. The van der Waals surface area contributed by atoms with Crippen molar-refractivity contribution in [3.63, 3.8) is 0 Å². The molecule has 0 bridgehead atoms. The molecule has 1 aliphatic rings. The van der Waals surface area contributed by atoms with Crippen molar-refractivity contribution >= 4 is 29.3 Å². The van der Waals surface area contributed by atoms with Crippen molar-refractivity contribution in [2.75, 3.05) is 12.5 Å². The van der Waals surface area contributed by atoms with E-state index in [9.17, 15) is 4.79 Å². The molecule has 3 aromatic rings. The largest absolute Gasteiger partial charge is 0.454 e. The molecule has 4 rings (SSSR count). The second-order valence-electron chi connectivity index (χ2n) is 5.98. The Labute approximate surface area is 171 Å². The smallest absolute Gasteiger partial charge is 0.231 e. The Hall–Kier alpha value is -2.77. The fourth-order valence-electron chi connectivity index (χ4n) is 2.62. The number of aromatic nitrogens is 2. The average Bonchev–Trinajstić information content (AvgIpc) is 3.19. The van der Waals surface area contributed by atoms with E-state index in [-0.39, 0.29) is 18.5 Å². The molecule has 2 aromatic carbocycles. The monoisotopic (exact) mass is 413 g/mol. The summed E-state index contributed by atoms with van der Waals surface area (Å²) >= 11 is 7.21. The molecule has 0 saturated heterocycles. The van der Waals surface area contributed by atoms with Gasteiger partial charge < -0.3 is 14.8 Å². The topological polar surface area (TPSA) is 73.3 Å². The van der Waals surface area contributed by atoms with Gasteiger partial charge >= 0.3 is 0 Å². The van der Waals surface area contributed by atoms with Crippen LogP contribution in [0.25, 0.3) is 11.3 Å². The Balaban J connectivity index is 1.31. The molecule has 0 fully saturated rings. The highest BCUT2D eigenvalue weighted by molar-refractivity contribution is 7.99. The number of rotatable bonds is 6. The number of benzene rings is 2. The van der Waals surface area contributed by atoms with Gasteiger partial charge in [0.15, 0.2) is 16.7 Å². The summed E-state index contributed by atoms with van der Waals surface area (Å²) in [5.74, 6) is 1.56. The SMILES string of the molecule is O=C(CSc1nccc(-c2ccc(Cl)cc2)n1)NCc1ccc2c(c1)OCO2. The van der Waals surface area contributed by atoms with Gasteiger partial charge in [0.25, 0.3) is 0 Å². The number of thioether (sulfide) groups is 1. The zero-order chi connectivity index (χ0) is 19.3. The van der Waals surface area contributed by atoms with Gasteiger partial charge in [-0.15, -0.1) is 0 Å². The van der Waals surface area contributed by atoms with Gasteiger partial charge in [0.05, 0.1) is 11.4 Å². The first kappa shape index (κ1) is 18.6. The van der Waals surface area contributed by atoms with Crippen LogP contribution in [0.1, 0.15) is 5.56 Å². The summed E-state index contributed by atoms with van der Waals surface area (Å²) in [7, 11) is 0. The van der Waals surface area contributed by atoms with Crippen molar-refractivity contribution in [1.82, 2.24) is 15.3 Å². The van der Waals surface area contributed by atoms with Crippen molar-refractivity contribution in [3.8, 4) is 22.8 Å². The molecule has 0 radical (unpaired) electrons. The number of halogens is 1. The van der Waals surface area contributed by atoms with Gasteiger partial charge in [-0.05, 0) is 35.9 Å². The number of fused-ring (bicyclic) bond motifs is 1. The van der Waals surface area contributed by atoms with Gasteiger partial charge in [-0.3, -0.25) is 4.79 Å². The van der Waals surface area contributed by atoms with E-state index in [2.05, 4.69) is 15.3 Å². The van der Waals surface area contributed by atoms with Crippen LogP contribution in [0.4, 0.5) is 0 Å². The molecule has 0 unspecified atom stereocenters. The highest BCUT2D eigenvalue weighted by Crippen LogP contribution is 2.32. The second kappa shape index (κ2) is 8.50. The maximum absolute atomic E-state index is 12.2. The molecule has 1 aliphatic heterocycles. The van der Waals surface area contributed by atoms with Crippen LogP contribution in [0.2, 0.25) is 5.02 Å². The lowest BCUT2D eigenvalue weighted by Gasteiger charge is -2.07. The summed E-state index contributed by atoms with van der Waals surface area (Å²) in [6, 6.07) is 14.9. The number of amides is 1. The van der Waals surface area contributed by atoms with Crippen molar-refractivity contribution in [2.24, 2.45) is 0 Å². The number of hydrogen-bond acceptors (Lipinski definition) is 6. The normalized spacial score (nSPS) is 12.0. The van der Waals surface area contributed by atoms with Gasteiger partial charge in [-0.1, -0.05) is 41.6 Å². The average molecular weight is 414 g/mol. The van der Waals surface area contributed by atoms with E-state index in [1.54, 1.807) is 6.20 Å². The van der Waals surface area contributed by atoms with Gasteiger partial charge in [0.2, 0.25) is 12.7 Å². The summed E-state index contributed by atoms with van der Waals surface area (Å²) in [6.07, 6.45) is 1.68. The third-order valence-corrected chi connectivity index (χ3v) is 5.15. The molecule has 8 heteroatoms. The maximum Gasteiger partial charge on any atom is 0.231 e. The van der Waals surface area contributed by atoms with E-state index in [4.69, 9.17) is 21.1 Å². The standard InChI is InChI=1S/C20H16ClN3O3S/c21-15-4-2-14(3-5-15)16-7-8-22-20(24-16)28-11-19(25)23-10-13-1-6-17-18(9-13)27-12-26-17/h1-9H,10-12H2,(H,23,25). The molecule has 0 saturated carbocycles. The number of nitrogens with one attached hydrogen (secondary N) is 1. The Morgan fingerprint density at radius 1 is 1.11 bits per heavy atom. The lowest BCUT2D eigenvalue weighted by atomic mass is 10.1. The fraction of sp³-hybridized carbons (Fsp3) is 0.150. The number of hydrogen-bond donors (Lipinski definition) is 1.